The van der Waals surface area contributed by atoms with E-state index in [1.807, 2.05) is 0 Å². The number of carboxylic acids is 2. The smallest absolute Gasteiger partial charge is 1.00 e. The van der Waals surface area contributed by atoms with E-state index in [0.717, 1.165) is 0 Å². The molecule has 0 saturated heterocycles. The summed E-state index contributed by atoms with van der Waals surface area (Å²) in [6.45, 7) is 0. The first kappa shape index (κ1) is 25.9. The fraction of sp³-hybridized carbons (Fsp3) is 0.500. The Bertz CT molecular complexity index is 216. The predicted octanol–water partition coefficient (Wildman–Crippen LogP) is -6.07. The Labute approximate surface area is 126 Å². The minimum Gasteiger partial charge on any atom is -1.00 e. The van der Waals surface area contributed by atoms with E-state index >= 15 is 0 Å². The summed E-state index contributed by atoms with van der Waals surface area (Å²) < 4.78 is 0. The van der Waals surface area contributed by atoms with Crippen molar-refractivity contribution in [1.29, 1.82) is 0 Å². The van der Waals surface area contributed by atoms with Gasteiger partial charge in [0.2, 0.25) is 0 Å². The van der Waals surface area contributed by atoms with Gasteiger partial charge in [-0.3, -0.25) is 0 Å². The molecular weight excluding hydrogens is 287 g/mol. The summed E-state index contributed by atoms with van der Waals surface area (Å²) in [5.41, 5.74) is 0. The van der Waals surface area contributed by atoms with Crippen molar-refractivity contribution in [3.63, 3.8) is 0 Å². The van der Waals surface area contributed by atoms with E-state index in [1.165, 1.54) is 0 Å². The number of hydrogen-bond acceptors (Lipinski definition) is 8. The summed E-state index contributed by atoms with van der Waals surface area (Å²) in [4.78, 5) is 48.8. The third kappa shape index (κ3) is 22.0. The van der Waals surface area contributed by atoms with Crippen LogP contribution in [0.1, 0.15) is 2.85 Å². The minimum absolute atomic E-state index is 0. The fourth-order valence-corrected chi connectivity index (χ4v) is 0.270. The molecule has 2 atom stereocenters. The van der Waals surface area contributed by atoms with Crippen LogP contribution in [-0.4, -0.2) is 113 Å². The summed E-state index contributed by atoms with van der Waals surface area (Å²) in [5.74, 6) is -3.54. The maximum absolute atomic E-state index is 9.77. The van der Waals surface area contributed by atoms with E-state index in [2.05, 4.69) is 0 Å². The molecule has 0 aromatic heterocycles. The SMILES string of the molecule is O=C(O)C(O)C(O)C(=O)O.O[Si](O)(O)O.[AlH3].[H-].[H-].[Mg+2]. The summed E-state index contributed by atoms with van der Waals surface area (Å²) in [5, 5.41) is 32.5. The van der Waals surface area contributed by atoms with Gasteiger partial charge in [-0.15, -0.1) is 0 Å². The summed E-state index contributed by atoms with van der Waals surface area (Å²) in [6.07, 6.45) is -4.53. The second-order valence-corrected chi connectivity index (χ2v) is 3.37. The molecule has 8 N–H and O–H groups in total. The van der Waals surface area contributed by atoms with E-state index in [-0.39, 0.29) is 43.3 Å². The van der Waals surface area contributed by atoms with Crippen LogP contribution in [0.15, 0.2) is 0 Å². The molecule has 17 heavy (non-hydrogen) atoms. The number of aliphatic hydroxyl groups excluding tert-OH is 2. The van der Waals surface area contributed by atoms with Crippen molar-refractivity contribution in [2.75, 3.05) is 0 Å². The molecular formula is C4H15AlMgO10Si. The number of aliphatic hydroxyl groups is 2. The molecule has 0 spiro atoms. The molecule has 0 rings (SSSR count). The van der Waals surface area contributed by atoms with E-state index < -0.39 is 33.2 Å². The van der Waals surface area contributed by atoms with Crippen LogP contribution in [0, 0.1) is 0 Å². The first-order chi connectivity index (χ1) is 6.46. The Kier molecular flexibility index (Phi) is 17.2. The third-order valence-electron chi connectivity index (χ3n) is 0.805. The molecule has 2 unspecified atom stereocenters. The van der Waals surface area contributed by atoms with Gasteiger partial charge < -0.3 is 42.5 Å². The zero-order valence-electron chi connectivity index (χ0n) is 9.76. The van der Waals surface area contributed by atoms with Crippen molar-refractivity contribution in [2.24, 2.45) is 0 Å². The van der Waals surface area contributed by atoms with Crippen LogP contribution in [0.4, 0.5) is 0 Å². The van der Waals surface area contributed by atoms with Gasteiger partial charge in [-0.1, -0.05) is 0 Å². The Morgan fingerprint density at radius 2 is 1.00 bits per heavy atom. The van der Waals surface area contributed by atoms with Gasteiger partial charge in [-0.05, 0) is 0 Å². The second kappa shape index (κ2) is 11.3. The Hall–Kier alpha value is 0.216. The van der Waals surface area contributed by atoms with Crippen molar-refractivity contribution in [2.45, 2.75) is 12.2 Å². The van der Waals surface area contributed by atoms with Crippen molar-refractivity contribution in [3.05, 3.63) is 0 Å². The first-order valence-electron chi connectivity index (χ1n) is 3.18. The second-order valence-electron chi connectivity index (χ2n) is 2.17. The van der Waals surface area contributed by atoms with E-state index in [4.69, 9.17) is 39.6 Å². The fourth-order valence-electron chi connectivity index (χ4n) is 0.270. The largest absolute Gasteiger partial charge is 2.00 e. The number of aliphatic carboxylic acids is 2. The molecule has 0 heterocycles. The van der Waals surface area contributed by atoms with E-state index in [1.54, 1.807) is 0 Å². The molecule has 0 radical (unpaired) electrons. The molecule has 0 aromatic rings. The van der Waals surface area contributed by atoms with Gasteiger partial charge in [0.1, 0.15) is 0 Å². The van der Waals surface area contributed by atoms with Crippen LogP contribution in [0.2, 0.25) is 0 Å². The van der Waals surface area contributed by atoms with Crippen molar-refractivity contribution in [1.82, 2.24) is 0 Å². The molecule has 0 amide bonds. The first-order valence-corrected chi connectivity index (χ1v) is 4.97. The molecule has 0 aliphatic heterocycles. The average Bonchev–Trinajstić information content (AvgIpc) is 1.98. The average molecular weight is 303 g/mol. The zero-order valence-corrected chi connectivity index (χ0v) is 10.2. The molecule has 0 bridgehead atoms. The van der Waals surface area contributed by atoms with Crippen LogP contribution in [0.25, 0.3) is 0 Å². The molecule has 0 aliphatic rings. The van der Waals surface area contributed by atoms with Gasteiger partial charge in [0.25, 0.3) is 0 Å². The van der Waals surface area contributed by atoms with Gasteiger partial charge in [-0.25, -0.2) is 9.59 Å². The Morgan fingerprint density at radius 3 is 1.06 bits per heavy atom. The van der Waals surface area contributed by atoms with Crippen molar-refractivity contribution < 1.29 is 52.1 Å². The third-order valence-corrected chi connectivity index (χ3v) is 0.805. The maximum Gasteiger partial charge on any atom is 2.00 e. The van der Waals surface area contributed by atoms with Gasteiger partial charge >= 0.3 is 44.0 Å². The standard InChI is InChI=1S/C4H6O6.Al.Mg.H4O4Si.5H/c5-1(3(7)8)2(6)4(9)10;;;1-5(2,3)4;;;;;/h1-2,5-6H,(H,7,8)(H,9,10);;;1-4H;;;;;/q;;+2;;;;;2*-1. The minimum atomic E-state index is -4.61. The predicted molar refractivity (Wildman–Crippen MR) is 59.8 cm³/mol. The molecule has 13 heteroatoms. The van der Waals surface area contributed by atoms with Gasteiger partial charge in [0, 0.05) is 0 Å². The van der Waals surface area contributed by atoms with Crippen molar-refractivity contribution >= 4 is 61.4 Å². The molecule has 0 aliphatic carbocycles. The van der Waals surface area contributed by atoms with Gasteiger partial charge in [0.15, 0.2) is 29.6 Å². The Morgan fingerprint density at radius 1 is 0.882 bits per heavy atom. The monoisotopic (exact) mass is 302 g/mol. The maximum atomic E-state index is 9.77. The van der Waals surface area contributed by atoms with Crippen LogP contribution >= 0.6 is 0 Å². The molecule has 0 aromatic carbocycles. The molecule has 0 saturated carbocycles. The zero-order chi connectivity index (χ0) is 12.8. The van der Waals surface area contributed by atoms with E-state index in [0.29, 0.717) is 0 Å². The van der Waals surface area contributed by atoms with Gasteiger partial charge in [0.05, 0.1) is 0 Å². The van der Waals surface area contributed by atoms with Gasteiger partial charge in [-0.2, -0.15) is 0 Å². The topological polar surface area (TPSA) is 196 Å². The summed E-state index contributed by atoms with van der Waals surface area (Å²) in [6, 6.07) is 0. The molecule has 100 valence electrons. The summed E-state index contributed by atoms with van der Waals surface area (Å²) in [7, 11) is -4.61. The molecule has 0 fully saturated rings. The number of carboxylic acid groups (broad SMARTS) is 2. The number of rotatable bonds is 3. The Balaban J connectivity index is -0.0000000418. The van der Waals surface area contributed by atoms with Crippen LogP contribution < -0.4 is 0 Å². The number of hydrogen-bond donors (Lipinski definition) is 8. The van der Waals surface area contributed by atoms with Crippen LogP contribution in [0.5, 0.6) is 0 Å². The normalized spacial score (nSPS) is 12.8. The summed E-state index contributed by atoms with van der Waals surface area (Å²) >= 11 is 0. The van der Waals surface area contributed by atoms with Crippen LogP contribution in [-0.2, 0) is 9.59 Å². The number of carbonyl (C=O) groups is 2. The van der Waals surface area contributed by atoms with Crippen molar-refractivity contribution in [3.8, 4) is 0 Å². The molecule has 10 nitrogen and oxygen atoms in total. The van der Waals surface area contributed by atoms with E-state index in [9.17, 15) is 9.59 Å². The quantitative estimate of drug-likeness (QED) is 0.232. The van der Waals surface area contributed by atoms with Crippen LogP contribution in [0.3, 0.4) is 0 Å².